The van der Waals surface area contributed by atoms with E-state index in [-0.39, 0.29) is 42.2 Å². The first-order chi connectivity index (χ1) is 17.6. The Labute approximate surface area is 219 Å². The molecule has 0 bridgehead atoms. The van der Waals surface area contributed by atoms with Gasteiger partial charge in [-0.2, -0.15) is 0 Å². The first-order valence-corrected chi connectivity index (χ1v) is 12.3. The molecule has 1 atom stereocenters. The van der Waals surface area contributed by atoms with Gasteiger partial charge in [0.25, 0.3) is 5.56 Å². The molecule has 2 amide bonds. The van der Waals surface area contributed by atoms with Gasteiger partial charge in [0.1, 0.15) is 5.82 Å². The second-order valence-electron chi connectivity index (χ2n) is 8.92. The molecule has 0 aliphatic heterocycles. The van der Waals surface area contributed by atoms with Crippen molar-refractivity contribution >= 4 is 40.1 Å². The number of methoxy groups -OCH3 is 1. The molecule has 198 valence electrons. The number of urea groups is 1. The predicted octanol–water partition coefficient (Wildman–Crippen LogP) is 5.79. The smallest absolute Gasteiger partial charge is 0.322 e. The van der Waals surface area contributed by atoms with Crippen LogP contribution in [0.1, 0.15) is 50.8 Å². The molecule has 0 aliphatic rings. The van der Waals surface area contributed by atoms with Crippen LogP contribution < -0.4 is 10.9 Å². The summed E-state index contributed by atoms with van der Waals surface area (Å²) in [6, 6.07) is 8.40. The Bertz CT molecular complexity index is 1330. The molecule has 1 heterocycles. The Hall–Kier alpha value is -3.43. The number of halogens is 2. The number of hydrogen-bond donors (Lipinski definition) is 2. The fourth-order valence-electron chi connectivity index (χ4n) is 4.15. The molecule has 0 fully saturated rings. The largest absolute Gasteiger partial charge is 0.463 e. The average molecular weight is 532 g/mol. The van der Waals surface area contributed by atoms with E-state index in [1.807, 2.05) is 25.1 Å². The Morgan fingerprint density at radius 1 is 1.19 bits per heavy atom. The summed E-state index contributed by atoms with van der Waals surface area (Å²) in [4.78, 5) is 42.5. The lowest BCUT2D eigenvalue weighted by Crippen LogP contribution is -2.38. The Balaban J connectivity index is 1.95. The number of benzene rings is 2. The number of aromatic nitrogens is 1. The van der Waals surface area contributed by atoms with Crippen molar-refractivity contribution in [2.45, 2.75) is 52.4 Å². The number of esters is 1. The van der Waals surface area contributed by atoms with Crippen LogP contribution in [-0.4, -0.2) is 41.6 Å². The van der Waals surface area contributed by atoms with Crippen LogP contribution in [0.2, 0.25) is 5.02 Å². The Morgan fingerprint density at radius 2 is 1.95 bits per heavy atom. The quantitative estimate of drug-likeness (QED) is 0.322. The van der Waals surface area contributed by atoms with Crippen molar-refractivity contribution in [3.63, 3.8) is 0 Å². The lowest BCUT2D eigenvalue weighted by molar-refractivity contribution is -0.147. The van der Waals surface area contributed by atoms with Gasteiger partial charge >= 0.3 is 12.0 Å². The van der Waals surface area contributed by atoms with Crippen molar-refractivity contribution in [2.75, 3.05) is 19.0 Å². The summed E-state index contributed by atoms with van der Waals surface area (Å²) in [6.07, 6.45) is 1.84. The number of rotatable bonds is 10. The van der Waals surface area contributed by atoms with Gasteiger partial charge in [0.2, 0.25) is 0 Å². The van der Waals surface area contributed by atoms with Crippen LogP contribution in [0.4, 0.5) is 14.9 Å². The fourth-order valence-corrected chi connectivity index (χ4v) is 4.33. The van der Waals surface area contributed by atoms with Crippen molar-refractivity contribution in [3.05, 3.63) is 74.9 Å². The van der Waals surface area contributed by atoms with Crippen LogP contribution in [0.3, 0.4) is 0 Å². The average Bonchev–Trinajstić information content (AvgIpc) is 2.84. The van der Waals surface area contributed by atoms with E-state index in [9.17, 15) is 18.8 Å². The zero-order valence-corrected chi connectivity index (χ0v) is 22.0. The lowest BCUT2D eigenvalue weighted by Gasteiger charge is -2.30. The van der Waals surface area contributed by atoms with Gasteiger partial charge < -0.3 is 24.7 Å². The third-order valence-electron chi connectivity index (χ3n) is 5.84. The molecule has 2 aromatic carbocycles. The van der Waals surface area contributed by atoms with Crippen molar-refractivity contribution in [3.8, 4) is 0 Å². The van der Waals surface area contributed by atoms with Gasteiger partial charge in [-0.1, -0.05) is 29.8 Å². The van der Waals surface area contributed by atoms with Crippen LogP contribution in [0.25, 0.3) is 10.8 Å². The van der Waals surface area contributed by atoms with Gasteiger partial charge in [-0.15, -0.1) is 0 Å². The predicted molar refractivity (Wildman–Crippen MR) is 141 cm³/mol. The van der Waals surface area contributed by atoms with E-state index < -0.39 is 17.9 Å². The van der Waals surface area contributed by atoms with Crippen LogP contribution in [0.15, 0.2) is 47.4 Å². The molecule has 0 spiro atoms. The summed E-state index contributed by atoms with van der Waals surface area (Å²) in [5.74, 6) is -0.952. The molecule has 2 N–H and O–H groups in total. The molecule has 0 aliphatic carbocycles. The number of aromatic amines is 1. The molecular weight excluding hydrogens is 501 g/mol. The third-order valence-corrected chi connectivity index (χ3v) is 6.13. The van der Waals surface area contributed by atoms with Gasteiger partial charge in [-0.05, 0) is 61.9 Å². The monoisotopic (exact) mass is 531 g/mol. The van der Waals surface area contributed by atoms with Crippen LogP contribution in [0, 0.1) is 5.82 Å². The van der Waals surface area contributed by atoms with Gasteiger partial charge in [-0.3, -0.25) is 9.59 Å². The summed E-state index contributed by atoms with van der Waals surface area (Å²) < 4.78 is 24.1. The van der Waals surface area contributed by atoms with Gasteiger partial charge in [0.15, 0.2) is 0 Å². The number of nitrogens with one attached hydrogen (secondary N) is 2. The number of fused-ring (bicyclic) bond motifs is 1. The van der Waals surface area contributed by atoms with Crippen molar-refractivity contribution in [2.24, 2.45) is 0 Å². The topological polar surface area (TPSA) is 101 Å². The highest BCUT2D eigenvalue weighted by Gasteiger charge is 2.25. The van der Waals surface area contributed by atoms with Crippen LogP contribution >= 0.6 is 11.6 Å². The lowest BCUT2D eigenvalue weighted by atomic mass is 9.98. The second kappa shape index (κ2) is 12.7. The number of nitrogens with zero attached hydrogens (tertiary/aromatic N) is 1. The maximum absolute atomic E-state index is 13.6. The highest BCUT2D eigenvalue weighted by Crippen LogP contribution is 2.29. The van der Waals surface area contributed by atoms with Gasteiger partial charge in [0, 0.05) is 32.0 Å². The van der Waals surface area contributed by atoms with E-state index in [1.165, 1.54) is 18.2 Å². The number of carbonyl (C=O) groups is 2. The van der Waals surface area contributed by atoms with Gasteiger partial charge in [0.05, 0.1) is 29.2 Å². The maximum atomic E-state index is 13.6. The number of pyridine rings is 1. The summed E-state index contributed by atoms with van der Waals surface area (Å²) in [7, 11) is 1.55. The van der Waals surface area contributed by atoms with Crippen molar-refractivity contribution < 1.29 is 23.5 Å². The van der Waals surface area contributed by atoms with E-state index in [1.54, 1.807) is 32.1 Å². The highest BCUT2D eigenvalue weighted by molar-refractivity contribution is 6.31. The Kier molecular flexibility index (Phi) is 9.66. The second-order valence-corrected chi connectivity index (χ2v) is 9.32. The summed E-state index contributed by atoms with van der Waals surface area (Å²) >= 11 is 5.88. The first kappa shape index (κ1) is 28.1. The van der Waals surface area contributed by atoms with E-state index in [0.717, 1.165) is 5.56 Å². The number of anilines is 1. The summed E-state index contributed by atoms with van der Waals surface area (Å²) in [6.45, 7) is 5.85. The summed E-state index contributed by atoms with van der Waals surface area (Å²) in [5, 5.41) is 3.80. The molecule has 37 heavy (non-hydrogen) atoms. The molecule has 3 rings (SSSR count). The molecule has 0 radical (unpaired) electrons. The summed E-state index contributed by atoms with van der Waals surface area (Å²) in [5.41, 5.74) is 1.50. The molecule has 0 saturated heterocycles. The SMILES string of the molecule is COCc1cccc2c(C(C)N(CCCC(=O)OC(C)C)C(=O)Nc3ccc(F)c(Cl)c3)c[nH]c(=O)c12. The standard InChI is InChI=1S/C27H31ClFN3O5/c1-16(2)37-24(33)9-6-12-32(27(35)31-19-10-11-23(29)22(28)13-19)17(3)21-14-30-26(34)25-18(15-36-4)7-5-8-20(21)25/h5,7-8,10-11,13-14,16-17H,6,9,12,15H2,1-4H3,(H,30,34)(H,31,35). The molecule has 3 aromatic rings. The zero-order chi connectivity index (χ0) is 27.1. The minimum atomic E-state index is -0.597. The third kappa shape index (κ3) is 7.08. The van der Waals surface area contributed by atoms with E-state index in [2.05, 4.69) is 10.3 Å². The maximum Gasteiger partial charge on any atom is 0.322 e. The number of H-pyrrole nitrogens is 1. The van der Waals surface area contributed by atoms with E-state index in [0.29, 0.717) is 28.4 Å². The van der Waals surface area contributed by atoms with Crippen LogP contribution in [-0.2, 0) is 20.9 Å². The molecule has 8 nitrogen and oxygen atoms in total. The number of ether oxygens (including phenoxy) is 2. The molecule has 10 heteroatoms. The number of carbonyl (C=O) groups excluding carboxylic acids is 2. The first-order valence-electron chi connectivity index (χ1n) is 12.0. The molecule has 0 saturated carbocycles. The zero-order valence-electron chi connectivity index (χ0n) is 21.3. The van der Waals surface area contributed by atoms with Gasteiger partial charge in [-0.25, -0.2) is 9.18 Å². The van der Waals surface area contributed by atoms with Crippen molar-refractivity contribution in [1.29, 1.82) is 0 Å². The number of hydrogen-bond acceptors (Lipinski definition) is 5. The number of amides is 2. The van der Waals surface area contributed by atoms with Crippen LogP contribution in [0.5, 0.6) is 0 Å². The molecular formula is C27H31ClFN3O5. The minimum Gasteiger partial charge on any atom is -0.463 e. The molecule has 1 unspecified atom stereocenters. The molecule has 1 aromatic heterocycles. The van der Waals surface area contributed by atoms with Crippen molar-refractivity contribution in [1.82, 2.24) is 9.88 Å². The fraction of sp³-hybridized carbons (Fsp3) is 0.370. The minimum absolute atomic E-state index is 0.119. The van der Waals surface area contributed by atoms with E-state index >= 15 is 0 Å². The van der Waals surface area contributed by atoms with E-state index in [4.69, 9.17) is 21.1 Å². The normalized spacial score (nSPS) is 12.0. The highest BCUT2D eigenvalue weighted by atomic mass is 35.5. The Morgan fingerprint density at radius 3 is 2.62 bits per heavy atom.